The minimum absolute atomic E-state index is 0.444. The topological polar surface area (TPSA) is 0 Å². The number of hydrogen-bond acceptors (Lipinski definition) is 0. The summed E-state index contributed by atoms with van der Waals surface area (Å²) in [6.45, 7) is 5.79. The van der Waals surface area contributed by atoms with E-state index in [0.29, 0.717) is 0 Å². The number of hydrogen-bond donors (Lipinski definition) is 0. The van der Waals surface area contributed by atoms with Crippen LogP contribution < -0.4 is 0 Å². The predicted molar refractivity (Wildman–Crippen MR) is 34.9 cm³/mol. The molecule has 0 rings (SSSR count). The molecule has 0 saturated carbocycles. The summed E-state index contributed by atoms with van der Waals surface area (Å²) in [6, 6.07) is 0. The maximum atomic E-state index is 12.6. The lowest BCUT2D eigenvalue weighted by Gasteiger charge is -2.26. The molecule has 0 N–H and O–H groups in total. The van der Waals surface area contributed by atoms with E-state index in [0.717, 1.165) is 20.8 Å². The van der Waals surface area contributed by atoms with Gasteiger partial charge in [0.05, 0.1) is 0 Å². The van der Waals surface area contributed by atoms with Crippen molar-refractivity contribution >= 4 is 0 Å². The van der Waals surface area contributed by atoms with Gasteiger partial charge in [-0.1, -0.05) is 6.58 Å². The first-order valence-corrected chi connectivity index (χ1v) is 2.92. The summed E-state index contributed by atoms with van der Waals surface area (Å²) in [5.41, 5.74) is -2.96. The van der Waals surface area contributed by atoms with Gasteiger partial charge in [-0.3, -0.25) is 0 Å². The zero-order valence-electron chi connectivity index (χ0n) is 6.34. The van der Waals surface area contributed by atoms with Crippen LogP contribution in [-0.2, 0) is 0 Å². The highest BCUT2D eigenvalue weighted by molar-refractivity contribution is 5.10. The van der Waals surface area contributed by atoms with Crippen molar-refractivity contribution in [2.24, 2.45) is 0 Å². The fourth-order valence-electron chi connectivity index (χ4n) is 0.507. The van der Waals surface area contributed by atoms with Crippen molar-refractivity contribution in [3.63, 3.8) is 0 Å². The molecule has 0 amide bonds. The van der Waals surface area contributed by atoms with Crippen LogP contribution in [0, 0.1) is 0 Å². The minimum atomic E-state index is -3.42. The molecule has 0 saturated heterocycles. The molecule has 0 bridgehead atoms. The Balaban J connectivity index is 4.57. The van der Waals surface area contributed by atoms with E-state index < -0.39 is 17.2 Å². The van der Waals surface area contributed by atoms with Crippen molar-refractivity contribution in [3.8, 4) is 0 Å². The molecule has 0 aliphatic carbocycles. The maximum absolute atomic E-state index is 12.6. The van der Waals surface area contributed by atoms with Gasteiger partial charge in [0.25, 0.3) is 0 Å². The Morgan fingerprint density at radius 2 is 1.50 bits per heavy atom. The lowest BCUT2D eigenvalue weighted by atomic mass is 9.97. The molecule has 0 aliphatic rings. The lowest BCUT2D eigenvalue weighted by molar-refractivity contribution is -0.0880. The molecule has 0 radical (unpaired) electrons. The van der Waals surface area contributed by atoms with E-state index in [1.54, 1.807) is 0 Å². The molecule has 0 unspecified atom stereocenters. The van der Waals surface area contributed by atoms with Crippen LogP contribution >= 0.6 is 0 Å². The van der Waals surface area contributed by atoms with Crippen LogP contribution in [-0.4, -0.2) is 11.6 Å². The smallest absolute Gasteiger partial charge is 0.237 e. The zero-order valence-corrected chi connectivity index (χ0v) is 6.34. The van der Waals surface area contributed by atoms with Crippen LogP contribution in [0.25, 0.3) is 0 Å². The molecule has 3 heteroatoms. The molecule has 0 heterocycles. The number of rotatable bonds is 2. The SMILES string of the molecule is C=C(C)C(F)(F)C(C)(C)F. The lowest BCUT2D eigenvalue weighted by Crippen LogP contribution is -2.39. The average molecular weight is 152 g/mol. The molecule has 0 aromatic heterocycles. The Labute approximate surface area is 58.7 Å². The molecule has 60 valence electrons. The van der Waals surface area contributed by atoms with Crippen molar-refractivity contribution in [3.05, 3.63) is 12.2 Å². The van der Waals surface area contributed by atoms with Gasteiger partial charge in [0.1, 0.15) is 0 Å². The van der Waals surface area contributed by atoms with E-state index in [9.17, 15) is 13.2 Å². The molecule has 0 atom stereocenters. The van der Waals surface area contributed by atoms with Crippen molar-refractivity contribution < 1.29 is 13.2 Å². The highest BCUT2D eigenvalue weighted by Crippen LogP contribution is 2.36. The van der Waals surface area contributed by atoms with Gasteiger partial charge in [-0.25, -0.2) is 4.39 Å². The fraction of sp³-hybridized carbons (Fsp3) is 0.714. The standard InChI is InChI=1S/C7H11F3/c1-5(2)7(9,10)6(3,4)8/h1H2,2-4H3. The Kier molecular flexibility index (Phi) is 2.18. The van der Waals surface area contributed by atoms with Crippen molar-refractivity contribution in [1.82, 2.24) is 0 Å². The summed E-state index contributed by atoms with van der Waals surface area (Å²) in [4.78, 5) is 0. The van der Waals surface area contributed by atoms with Gasteiger partial charge in [-0.15, -0.1) is 0 Å². The molecule has 0 aliphatic heterocycles. The van der Waals surface area contributed by atoms with Crippen LogP contribution in [0.15, 0.2) is 12.2 Å². The first-order valence-electron chi connectivity index (χ1n) is 2.92. The average Bonchev–Trinajstić information content (AvgIpc) is 1.62. The van der Waals surface area contributed by atoms with Crippen LogP contribution in [0.5, 0.6) is 0 Å². The molecular formula is C7H11F3. The van der Waals surface area contributed by atoms with Gasteiger partial charge in [-0.05, 0) is 26.3 Å². The monoisotopic (exact) mass is 152 g/mol. The summed E-state index contributed by atoms with van der Waals surface area (Å²) in [5.74, 6) is -3.42. The number of halogens is 3. The number of alkyl halides is 3. The number of allylic oxidation sites excluding steroid dienone is 1. The third-order valence-corrected chi connectivity index (χ3v) is 1.28. The molecule has 0 nitrogen and oxygen atoms in total. The van der Waals surface area contributed by atoms with E-state index in [-0.39, 0.29) is 0 Å². The van der Waals surface area contributed by atoms with Gasteiger partial charge in [0, 0.05) is 0 Å². The van der Waals surface area contributed by atoms with Gasteiger partial charge in [0.2, 0.25) is 0 Å². The third-order valence-electron chi connectivity index (χ3n) is 1.28. The van der Waals surface area contributed by atoms with E-state index in [2.05, 4.69) is 6.58 Å². The normalized spacial score (nSPS) is 13.4. The summed E-state index contributed by atoms with van der Waals surface area (Å²) in [6.07, 6.45) is 0. The van der Waals surface area contributed by atoms with E-state index in [1.807, 2.05) is 0 Å². The van der Waals surface area contributed by atoms with Crippen molar-refractivity contribution in [2.45, 2.75) is 32.4 Å². The quantitative estimate of drug-likeness (QED) is 0.533. The summed E-state index contributed by atoms with van der Waals surface area (Å²) >= 11 is 0. The molecule has 0 spiro atoms. The second-order valence-corrected chi connectivity index (χ2v) is 2.83. The summed E-state index contributed by atoms with van der Waals surface area (Å²) in [5, 5.41) is 0. The van der Waals surface area contributed by atoms with E-state index in [4.69, 9.17) is 0 Å². The Bertz CT molecular complexity index is 141. The first kappa shape index (κ1) is 9.53. The molecule has 10 heavy (non-hydrogen) atoms. The van der Waals surface area contributed by atoms with Gasteiger partial charge in [-0.2, -0.15) is 8.78 Å². The summed E-state index contributed by atoms with van der Waals surface area (Å²) < 4.78 is 37.8. The van der Waals surface area contributed by atoms with E-state index in [1.165, 1.54) is 0 Å². The molecule has 0 fully saturated rings. The minimum Gasteiger partial charge on any atom is -0.237 e. The first-order chi connectivity index (χ1) is 4.19. The Hall–Kier alpha value is -0.470. The van der Waals surface area contributed by atoms with Gasteiger partial charge >= 0.3 is 5.92 Å². The van der Waals surface area contributed by atoms with Crippen molar-refractivity contribution in [2.75, 3.05) is 0 Å². The third kappa shape index (κ3) is 1.52. The van der Waals surface area contributed by atoms with Crippen LogP contribution in [0.3, 0.4) is 0 Å². The van der Waals surface area contributed by atoms with Gasteiger partial charge in [0.15, 0.2) is 5.67 Å². The van der Waals surface area contributed by atoms with Gasteiger partial charge < -0.3 is 0 Å². The predicted octanol–water partition coefficient (Wildman–Crippen LogP) is 2.95. The molecule has 0 aromatic carbocycles. The highest BCUT2D eigenvalue weighted by atomic mass is 19.3. The fourth-order valence-corrected chi connectivity index (χ4v) is 0.507. The van der Waals surface area contributed by atoms with Crippen LogP contribution in [0.4, 0.5) is 13.2 Å². The van der Waals surface area contributed by atoms with Crippen LogP contribution in [0.1, 0.15) is 20.8 Å². The Morgan fingerprint density at radius 3 is 1.50 bits per heavy atom. The maximum Gasteiger partial charge on any atom is 0.301 e. The second-order valence-electron chi connectivity index (χ2n) is 2.83. The van der Waals surface area contributed by atoms with Crippen molar-refractivity contribution in [1.29, 1.82) is 0 Å². The summed E-state index contributed by atoms with van der Waals surface area (Å²) in [7, 11) is 0. The second kappa shape index (κ2) is 2.29. The molecular weight excluding hydrogens is 141 g/mol. The zero-order chi connectivity index (χ0) is 8.58. The molecule has 0 aromatic rings. The highest BCUT2D eigenvalue weighted by Gasteiger charge is 2.47. The Morgan fingerprint density at radius 1 is 1.20 bits per heavy atom. The van der Waals surface area contributed by atoms with E-state index >= 15 is 0 Å². The van der Waals surface area contributed by atoms with Crippen LogP contribution in [0.2, 0.25) is 0 Å². The largest absolute Gasteiger partial charge is 0.301 e.